The van der Waals surface area contributed by atoms with E-state index >= 15 is 0 Å². The first-order valence-electron chi connectivity index (χ1n) is 9.13. The van der Waals surface area contributed by atoms with Gasteiger partial charge in [-0.3, -0.25) is 9.59 Å². The van der Waals surface area contributed by atoms with Gasteiger partial charge in [0.2, 0.25) is 5.43 Å². The number of nitrogens with zero attached hydrogens (tertiary/aromatic N) is 1. The molecule has 1 N–H and O–H groups in total. The molecule has 1 amide bonds. The molecule has 0 unspecified atom stereocenters. The van der Waals surface area contributed by atoms with E-state index in [1.807, 2.05) is 12.1 Å². The highest BCUT2D eigenvalue weighted by Gasteiger charge is 2.25. The summed E-state index contributed by atoms with van der Waals surface area (Å²) in [6.07, 6.45) is 9.55. The van der Waals surface area contributed by atoms with Crippen LogP contribution in [0.3, 0.4) is 0 Å². The zero-order valence-corrected chi connectivity index (χ0v) is 14.2. The van der Waals surface area contributed by atoms with E-state index in [0.29, 0.717) is 5.39 Å². The third kappa shape index (κ3) is 2.54. The molecule has 1 aromatic carbocycles. The maximum atomic E-state index is 12.8. The fourth-order valence-electron chi connectivity index (χ4n) is 4.26. The Morgan fingerprint density at radius 1 is 1.17 bits per heavy atom. The van der Waals surface area contributed by atoms with Crippen LogP contribution in [0.4, 0.5) is 0 Å². The molecule has 126 valence electrons. The average molecular weight is 324 g/mol. The zero-order chi connectivity index (χ0) is 16.7. The molecular formula is C20H24N2O2. The van der Waals surface area contributed by atoms with Gasteiger partial charge < -0.3 is 9.88 Å². The number of carbonyl (C=O) groups excluding carboxylic acids is 1. The van der Waals surface area contributed by atoms with Gasteiger partial charge in [0.25, 0.3) is 5.91 Å². The molecule has 0 bridgehead atoms. The number of carbonyl (C=O) groups is 1. The van der Waals surface area contributed by atoms with Crippen LogP contribution in [-0.4, -0.2) is 16.5 Å². The minimum absolute atomic E-state index is 0.136. The van der Waals surface area contributed by atoms with Gasteiger partial charge in [-0.05, 0) is 37.8 Å². The van der Waals surface area contributed by atoms with E-state index in [2.05, 4.69) is 22.9 Å². The molecule has 0 saturated heterocycles. The fourth-order valence-corrected chi connectivity index (χ4v) is 4.26. The molecule has 1 aromatic heterocycles. The lowest BCUT2D eigenvalue weighted by molar-refractivity contribution is 0.0931. The highest BCUT2D eigenvalue weighted by molar-refractivity contribution is 5.98. The number of amides is 1. The Bertz CT molecular complexity index is 845. The van der Waals surface area contributed by atoms with Crippen molar-refractivity contribution >= 4 is 16.8 Å². The van der Waals surface area contributed by atoms with E-state index < -0.39 is 0 Å². The maximum absolute atomic E-state index is 12.8. The molecule has 24 heavy (non-hydrogen) atoms. The Balaban J connectivity index is 1.71. The first kappa shape index (κ1) is 15.4. The molecule has 1 aliphatic heterocycles. The second-order valence-corrected chi connectivity index (χ2v) is 7.31. The monoisotopic (exact) mass is 324 g/mol. The lowest BCUT2D eigenvalue weighted by atomic mass is 10.1. The third-order valence-electron chi connectivity index (χ3n) is 5.56. The maximum Gasteiger partial charge on any atom is 0.256 e. The van der Waals surface area contributed by atoms with E-state index in [0.717, 1.165) is 37.6 Å². The van der Waals surface area contributed by atoms with Gasteiger partial charge in [-0.15, -0.1) is 0 Å². The van der Waals surface area contributed by atoms with Gasteiger partial charge >= 0.3 is 0 Å². The standard InChI is InChI=1S/C20H24N2O2/c1-13-11-14-7-6-10-16-18(14)22(13)12-17(19(16)23)20(24)21-15-8-4-2-3-5-9-15/h6-7,10,12-13,15H,2-5,8-9,11H2,1H3,(H,21,24)/t13-/m1/s1. The zero-order valence-electron chi connectivity index (χ0n) is 14.2. The number of para-hydroxylation sites is 1. The summed E-state index contributed by atoms with van der Waals surface area (Å²) in [5.74, 6) is -0.206. The summed E-state index contributed by atoms with van der Waals surface area (Å²) in [6.45, 7) is 2.14. The number of nitrogens with one attached hydrogen (secondary N) is 1. The van der Waals surface area contributed by atoms with Crippen LogP contribution < -0.4 is 10.7 Å². The molecular weight excluding hydrogens is 300 g/mol. The summed E-state index contributed by atoms with van der Waals surface area (Å²) < 4.78 is 2.11. The predicted octanol–water partition coefficient (Wildman–Crippen LogP) is 3.57. The van der Waals surface area contributed by atoms with E-state index in [1.54, 1.807) is 6.20 Å². The van der Waals surface area contributed by atoms with Crippen LogP contribution in [0, 0.1) is 0 Å². The van der Waals surface area contributed by atoms with Crippen molar-refractivity contribution in [1.29, 1.82) is 0 Å². The lowest BCUT2D eigenvalue weighted by Crippen LogP contribution is -2.37. The highest BCUT2D eigenvalue weighted by Crippen LogP contribution is 2.30. The van der Waals surface area contributed by atoms with E-state index in [4.69, 9.17) is 0 Å². The summed E-state index contributed by atoms with van der Waals surface area (Å²) in [7, 11) is 0. The van der Waals surface area contributed by atoms with Gasteiger partial charge in [-0.1, -0.05) is 37.8 Å². The van der Waals surface area contributed by atoms with E-state index in [1.165, 1.54) is 18.4 Å². The van der Waals surface area contributed by atoms with Crippen LogP contribution in [0.2, 0.25) is 0 Å². The van der Waals surface area contributed by atoms with Crippen LogP contribution in [0.25, 0.3) is 10.9 Å². The quantitative estimate of drug-likeness (QED) is 0.859. The molecule has 4 nitrogen and oxygen atoms in total. The second-order valence-electron chi connectivity index (χ2n) is 7.31. The van der Waals surface area contributed by atoms with Gasteiger partial charge in [0.1, 0.15) is 5.56 Å². The molecule has 1 saturated carbocycles. The van der Waals surface area contributed by atoms with Gasteiger partial charge in [-0.2, -0.15) is 0 Å². The first-order valence-corrected chi connectivity index (χ1v) is 9.13. The van der Waals surface area contributed by atoms with Crippen LogP contribution >= 0.6 is 0 Å². The lowest BCUT2D eigenvalue weighted by Gasteiger charge is -2.17. The molecule has 2 heterocycles. The van der Waals surface area contributed by atoms with Crippen molar-refractivity contribution in [2.24, 2.45) is 0 Å². The van der Waals surface area contributed by atoms with Crippen molar-refractivity contribution in [1.82, 2.24) is 9.88 Å². The Labute approximate surface area is 141 Å². The number of pyridine rings is 1. The first-order chi connectivity index (χ1) is 11.6. The minimum Gasteiger partial charge on any atom is -0.349 e. The van der Waals surface area contributed by atoms with E-state index in [-0.39, 0.29) is 29.0 Å². The van der Waals surface area contributed by atoms with Gasteiger partial charge in [0.05, 0.1) is 5.52 Å². The molecule has 0 radical (unpaired) electrons. The summed E-state index contributed by atoms with van der Waals surface area (Å²) >= 11 is 0. The van der Waals surface area contributed by atoms with Crippen molar-refractivity contribution in [2.45, 2.75) is 64.0 Å². The van der Waals surface area contributed by atoms with Gasteiger partial charge in [-0.25, -0.2) is 0 Å². The Morgan fingerprint density at radius 3 is 2.67 bits per heavy atom. The molecule has 0 spiro atoms. The average Bonchev–Trinajstić information content (AvgIpc) is 2.75. The van der Waals surface area contributed by atoms with Crippen molar-refractivity contribution in [2.75, 3.05) is 0 Å². The number of aromatic nitrogens is 1. The van der Waals surface area contributed by atoms with Crippen molar-refractivity contribution in [3.63, 3.8) is 0 Å². The van der Waals surface area contributed by atoms with Gasteiger partial charge in [0, 0.05) is 23.7 Å². The Hall–Kier alpha value is -2.10. The second kappa shape index (κ2) is 6.08. The summed E-state index contributed by atoms with van der Waals surface area (Å²) in [6, 6.07) is 6.34. The minimum atomic E-state index is -0.206. The van der Waals surface area contributed by atoms with Crippen LogP contribution in [-0.2, 0) is 6.42 Å². The normalized spacial score (nSPS) is 21.0. The molecule has 1 atom stereocenters. The Morgan fingerprint density at radius 2 is 1.92 bits per heavy atom. The molecule has 2 aromatic rings. The number of hydrogen-bond acceptors (Lipinski definition) is 2. The smallest absolute Gasteiger partial charge is 0.256 e. The fraction of sp³-hybridized carbons (Fsp3) is 0.500. The summed E-state index contributed by atoms with van der Waals surface area (Å²) in [4.78, 5) is 25.6. The van der Waals surface area contributed by atoms with Crippen molar-refractivity contribution < 1.29 is 4.79 Å². The molecule has 4 heteroatoms. The number of rotatable bonds is 2. The SMILES string of the molecule is C[C@@H]1Cc2cccc3c(=O)c(C(=O)NC4CCCCCC4)cn1c23. The van der Waals surface area contributed by atoms with Crippen LogP contribution in [0.5, 0.6) is 0 Å². The van der Waals surface area contributed by atoms with Crippen molar-refractivity contribution in [3.8, 4) is 0 Å². The molecule has 1 fully saturated rings. The number of hydrogen-bond donors (Lipinski definition) is 1. The molecule has 4 rings (SSSR count). The largest absolute Gasteiger partial charge is 0.349 e. The summed E-state index contributed by atoms with van der Waals surface area (Å²) in [5, 5.41) is 3.78. The number of benzene rings is 1. The molecule has 2 aliphatic rings. The molecule has 1 aliphatic carbocycles. The topological polar surface area (TPSA) is 51.1 Å². The van der Waals surface area contributed by atoms with Crippen molar-refractivity contribution in [3.05, 3.63) is 45.7 Å². The summed E-state index contributed by atoms with van der Waals surface area (Å²) in [5.41, 5.74) is 2.36. The predicted molar refractivity (Wildman–Crippen MR) is 95.6 cm³/mol. The van der Waals surface area contributed by atoms with E-state index in [9.17, 15) is 9.59 Å². The van der Waals surface area contributed by atoms with Crippen LogP contribution in [0.15, 0.2) is 29.2 Å². The Kier molecular flexibility index (Phi) is 3.91. The highest BCUT2D eigenvalue weighted by atomic mass is 16.2. The van der Waals surface area contributed by atoms with Gasteiger partial charge in [0.15, 0.2) is 0 Å². The third-order valence-corrected chi connectivity index (χ3v) is 5.56. The van der Waals surface area contributed by atoms with Crippen LogP contribution in [0.1, 0.15) is 67.4 Å².